The van der Waals surface area contributed by atoms with Crippen LogP contribution >= 0.6 is 0 Å². The standard InChI is InChI=1S/C34H44F2N2O7/c1-22(39)37-28(18-26-17-27(35)11-12-30(26)36)19-29(42)13-15-34(4,5)16-14-32(43)33(45-24(3)41)31(38-23(2)40)21-44-20-25-9-7-6-8-10-25/h6-12,17,28,31,33H,13-16,18-21H2,1-5H3,(H,37,39)(H,38,40)/t28?,31-,33+/m1/s1. The molecule has 0 saturated heterocycles. The number of amides is 2. The van der Waals surface area contributed by atoms with Crippen molar-refractivity contribution in [1.29, 1.82) is 0 Å². The van der Waals surface area contributed by atoms with E-state index in [9.17, 15) is 32.8 Å². The van der Waals surface area contributed by atoms with E-state index in [0.717, 1.165) is 23.8 Å². The quantitative estimate of drug-likeness (QED) is 0.214. The number of Topliss-reactive ketones (excluding diaryl/α,β-unsaturated/α-hetero) is 2. The molecule has 0 spiro atoms. The van der Waals surface area contributed by atoms with Gasteiger partial charge in [0.15, 0.2) is 11.9 Å². The molecule has 3 atom stereocenters. The minimum Gasteiger partial charge on any atom is -0.452 e. The average molecular weight is 631 g/mol. The molecule has 11 heteroatoms. The van der Waals surface area contributed by atoms with Crippen LogP contribution in [-0.4, -0.2) is 54.1 Å². The lowest BCUT2D eigenvalue weighted by Crippen LogP contribution is -2.51. The molecule has 0 aliphatic rings. The summed E-state index contributed by atoms with van der Waals surface area (Å²) in [4.78, 5) is 61.8. The van der Waals surface area contributed by atoms with Gasteiger partial charge in [-0.3, -0.25) is 24.0 Å². The molecule has 0 saturated carbocycles. The monoisotopic (exact) mass is 630 g/mol. The Balaban J connectivity index is 1.99. The molecule has 2 N–H and O–H groups in total. The van der Waals surface area contributed by atoms with E-state index in [1.54, 1.807) is 0 Å². The number of halogens is 2. The van der Waals surface area contributed by atoms with Gasteiger partial charge in [-0.25, -0.2) is 8.78 Å². The Morgan fingerprint density at radius 2 is 1.51 bits per heavy atom. The van der Waals surface area contributed by atoms with Gasteiger partial charge in [0.05, 0.1) is 19.3 Å². The molecule has 0 aliphatic carbocycles. The van der Waals surface area contributed by atoms with Gasteiger partial charge in [0.2, 0.25) is 11.8 Å². The van der Waals surface area contributed by atoms with Gasteiger partial charge < -0.3 is 20.1 Å². The summed E-state index contributed by atoms with van der Waals surface area (Å²) >= 11 is 0. The van der Waals surface area contributed by atoms with Crippen molar-refractivity contribution in [1.82, 2.24) is 10.6 Å². The van der Waals surface area contributed by atoms with Crippen LogP contribution in [-0.2, 0) is 46.5 Å². The zero-order valence-corrected chi connectivity index (χ0v) is 26.6. The summed E-state index contributed by atoms with van der Waals surface area (Å²) in [5.74, 6) is -3.30. The Morgan fingerprint density at radius 3 is 2.13 bits per heavy atom. The third-order valence-electron chi connectivity index (χ3n) is 7.26. The van der Waals surface area contributed by atoms with Crippen LogP contribution in [0.4, 0.5) is 8.78 Å². The number of hydrogen-bond acceptors (Lipinski definition) is 7. The number of nitrogens with one attached hydrogen (secondary N) is 2. The minimum absolute atomic E-state index is 0.0152. The van der Waals surface area contributed by atoms with Gasteiger partial charge in [-0.1, -0.05) is 44.2 Å². The van der Waals surface area contributed by atoms with E-state index in [-0.39, 0.29) is 50.2 Å². The number of hydrogen-bond donors (Lipinski definition) is 2. The fraction of sp³-hybridized carbons (Fsp3) is 0.500. The van der Waals surface area contributed by atoms with Gasteiger partial charge in [0, 0.05) is 46.1 Å². The van der Waals surface area contributed by atoms with Gasteiger partial charge in [0.1, 0.15) is 17.4 Å². The lowest BCUT2D eigenvalue weighted by atomic mass is 9.81. The Bertz CT molecular complexity index is 1320. The van der Waals surface area contributed by atoms with Crippen LogP contribution in [0.5, 0.6) is 0 Å². The largest absolute Gasteiger partial charge is 0.452 e. The molecule has 2 amide bonds. The first-order chi connectivity index (χ1) is 21.1. The Morgan fingerprint density at radius 1 is 0.867 bits per heavy atom. The summed E-state index contributed by atoms with van der Waals surface area (Å²) in [6.45, 7) is 7.73. The van der Waals surface area contributed by atoms with Crippen molar-refractivity contribution in [3.63, 3.8) is 0 Å². The van der Waals surface area contributed by atoms with E-state index < -0.39 is 58.8 Å². The second kappa shape index (κ2) is 18.1. The number of carbonyl (C=O) groups is 5. The average Bonchev–Trinajstić information content (AvgIpc) is 2.95. The van der Waals surface area contributed by atoms with E-state index in [2.05, 4.69) is 10.6 Å². The number of rotatable bonds is 19. The SMILES string of the molecule is CC(=O)NC(CC(=O)CCC(C)(C)CCC(=O)[C@@H](OC(C)=O)[C@@H](COCc1ccccc1)NC(C)=O)Cc1cc(F)ccc1F. The van der Waals surface area contributed by atoms with Crippen LogP contribution in [0.15, 0.2) is 48.5 Å². The molecule has 2 rings (SSSR count). The minimum atomic E-state index is -1.26. The maximum absolute atomic E-state index is 14.2. The van der Waals surface area contributed by atoms with E-state index >= 15 is 0 Å². The Labute approximate surface area is 263 Å². The van der Waals surface area contributed by atoms with Crippen LogP contribution in [0.1, 0.15) is 77.8 Å². The van der Waals surface area contributed by atoms with Gasteiger partial charge in [-0.2, -0.15) is 0 Å². The first-order valence-corrected chi connectivity index (χ1v) is 15.0. The van der Waals surface area contributed by atoms with Crippen molar-refractivity contribution < 1.29 is 42.2 Å². The van der Waals surface area contributed by atoms with Crippen molar-refractivity contribution in [3.05, 3.63) is 71.3 Å². The van der Waals surface area contributed by atoms with Gasteiger partial charge in [-0.15, -0.1) is 0 Å². The lowest BCUT2D eigenvalue weighted by Gasteiger charge is -2.28. The van der Waals surface area contributed by atoms with Crippen LogP contribution in [0.2, 0.25) is 0 Å². The molecule has 0 fully saturated rings. The van der Waals surface area contributed by atoms with Crippen molar-refractivity contribution in [2.75, 3.05) is 6.61 Å². The highest BCUT2D eigenvalue weighted by Gasteiger charge is 2.33. The number of esters is 1. The molecule has 246 valence electrons. The van der Waals surface area contributed by atoms with Crippen LogP contribution in [0.25, 0.3) is 0 Å². The Kier molecular flexibility index (Phi) is 15.0. The molecule has 45 heavy (non-hydrogen) atoms. The fourth-order valence-corrected chi connectivity index (χ4v) is 4.91. The summed E-state index contributed by atoms with van der Waals surface area (Å²) in [6, 6.07) is 10.8. The molecule has 0 aromatic heterocycles. The van der Waals surface area contributed by atoms with Gasteiger partial charge in [-0.05, 0) is 54.0 Å². The van der Waals surface area contributed by atoms with Gasteiger partial charge >= 0.3 is 5.97 Å². The lowest BCUT2D eigenvalue weighted by molar-refractivity contribution is -0.157. The molecule has 0 bridgehead atoms. The van der Waals surface area contributed by atoms with Crippen molar-refractivity contribution in [2.24, 2.45) is 5.41 Å². The van der Waals surface area contributed by atoms with E-state index in [4.69, 9.17) is 9.47 Å². The molecule has 0 aliphatic heterocycles. The zero-order chi connectivity index (χ0) is 33.6. The number of ether oxygens (including phenoxy) is 2. The maximum Gasteiger partial charge on any atom is 0.303 e. The normalized spacial score (nSPS) is 13.3. The second-order valence-electron chi connectivity index (χ2n) is 12.0. The highest BCUT2D eigenvalue weighted by Crippen LogP contribution is 2.30. The maximum atomic E-state index is 14.2. The van der Waals surface area contributed by atoms with Crippen LogP contribution in [0, 0.1) is 17.0 Å². The summed E-state index contributed by atoms with van der Waals surface area (Å²) < 4.78 is 38.9. The molecule has 2 aromatic carbocycles. The number of carbonyl (C=O) groups excluding carboxylic acids is 5. The molecule has 0 heterocycles. The molecular formula is C34H44F2N2O7. The smallest absolute Gasteiger partial charge is 0.303 e. The summed E-state index contributed by atoms with van der Waals surface area (Å²) in [5, 5.41) is 5.31. The fourth-order valence-electron chi connectivity index (χ4n) is 4.91. The molecule has 0 radical (unpaired) electrons. The third kappa shape index (κ3) is 14.6. The molecule has 1 unspecified atom stereocenters. The molecule has 2 aromatic rings. The van der Waals surface area contributed by atoms with E-state index in [1.165, 1.54) is 20.8 Å². The van der Waals surface area contributed by atoms with E-state index in [0.29, 0.717) is 12.8 Å². The van der Waals surface area contributed by atoms with Gasteiger partial charge in [0.25, 0.3) is 0 Å². The van der Waals surface area contributed by atoms with Crippen LogP contribution in [0.3, 0.4) is 0 Å². The molecular weight excluding hydrogens is 586 g/mol. The predicted molar refractivity (Wildman–Crippen MR) is 164 cm³/mol. The predicted octanol–water partition coefficient (Wildman–Crippen LogP) is 4.78. The second-order valence-corrected chi connectivity index (χ2v) is 12.0. The highest BCUT2D eigenvalue weighted by molar-refractivity contribution is 5.87. The van der Waals surface area contributed by atoms with Crippen molar-refractivity contribution >= 4 is 29.4 Å². The number of ketones is 2. The Hall–Kier alpha value is -3.99. The molecule has 9 nitrogen and oxygen atoms in total. The number of benzene rings is 2. The zero-order valence-electron chi connectivity index (χ0n) is 26.6. The third-order valence-corrected chi connectivity index (χ3v) is 7.26. The summed E-state index contributed by atoms with van der Waals surface area (Å²) in [5.41, 5.74) is 0.485. The first kappa shape index (κ1) is 37.2. The summed E-state index contributed by atoms with van der Waals surface area (Å²) in [6.07, 6.45) is -0.457. The summed E-state index contributed by atoms with van der Waals surface area (Å²) in [7, 11) is 0. The highest BCUT2D eigenvalue weighted by atomic mass is 19.1. The van der Waals surface area contributed by atoms with Crippen molar-refractivity contribution in [3.8, 4) is 0 Å². The first-order valence-electron chi connectivity index (χ1n) is 15.0. The van der Waals surface area contributed by atoms with E-state index in [1.807, 2.05) is 44.2 Å². The topological polar surface area (TPSA) is 128 Å². The van der Waals surface area contributed by atoms with Crippen molar-refractivity contribution in [2.45, 2.75) is 97.9 Å². The van der Waals surface area contributed by atoms with Crippen LogP contribution < -0.4 is 10.6 Å².